The van der Waals surface area contributed by atoms with Crippen LogP contribution < -0.4 is 0 Å². The zero-order valence-corrected chi connectivity index (χ0v) is 8.86. The molecule has 0 saturated heterocycles. The number of carbonyl (C=O) groups is 1. The van der Waals surface area contributed by atoms with Crippen LogP contribution in [0.4, 0.5) is 0 Å². The molecule has 78 valence electrons. The van der Waals surface area contributed by atoms with Crippen molar-refractivity contribution in [3.63, 3.8) is 0 Å². The van der Waals surface area contributed by atoms with Gasteiger partial charge in [-0.05, 0) is 0 Å². The molecule has 0 aromatic rings. The van der Waals surface area contributed by atoms with Crippen molar-refractivity contribution in [2.45, 2.75) is 0 Å². The summed E-state index contributed by atoms with van der Waals surface area (Å²) < 4.78 is 20.2. The highest BCUT2D eigenvalue weighted by Crippen LogP contribution is 2.42. The highest BCUT2D eigenvalue weighted by Gasteiger charge is 2.24. The van der Waals surface area contributed by atoms with Crippen LogP contribution in [0.3, 0.4) is 0 Å². The smallest absolute Gasteiger partial charge is 0.308 e. The molecule has 0 heterocycles. The number of hydrogen-bond acceptors (Lipinski definition) is 4. The predicted octanol–water partition coefficient (Wildman–Crippen LogP) is -0.0174. The molecule has 0 aliphatic rings. The maximum atomic E-state index is 11.0. The number of hydrogen-bond donors (Lipinski definition) is 1. The summed E-state index contributed by atoms with van der Waals surface area (Å²) in [5, 5.41) is 0. The lowest BCUT2D eigenvalue weighted by Crippen LogP contribution is -2.36. The molecule has 7 heteroatoms. The second-order valence-electron chi connectivity index (χ2n) is 3.48. The van der Waals surface area contributed by atoms with Crippen molar-refractivity contribution in [3.8, 4) is 0 Å². The largest absolute Gasteiger partial charge is 0.477 e. The van der Waals surface area contributed by atoms with Gasteiger partial charge in [-0.25, -0.2) is 9.09 Å². The number of aldehydes is 1. The van der Waals surface area contributed by atoms with Crippen LogP contribution in [0.15, 0.2) is 0 Å². The topological polar surface area (TPSA) is 72.8 Å². The van der Waals surface area contributed by atoms with Gasteiger partial charge in [-0.1, -0.05) is 0 Å². The highest BCUT2D eigenvalue weighted by molar-refractivity contribution is 7.47. The molecule has 1 atom stereocenters. The summed E-state index contributed by atoms with van der Waals surface area (Å²) >= 11 is 0. The average molecular weight is 212 g/mol. The minimum absolute atomic E-state index is 0.0344. The van der Waals surface area contributed by atoms with E-state index in [0.717, 1.165) is 0 Å². The van der Waals surface area contributed by atoms with Crippen LogP contribution in [0.2, 0.25) is 0 Å². The summed E-state index contributed by atoms with van der Waals surface area (Å²) in [6, 6.07) is 0. The van der Waals surface area contributed by atoms with Gasteiger partial charge in [0, 0.05) is 0 Å². The van der Waals surface area contributed by atoms with E-state index in [2.05, 4.69) is 9.05 Å². The summed E-state index contributed by atoms with van der Waals surface area (Å²) in [6.45, 7) is -0.405. The lowest BCUT2D eigenvalue weighted by molar-refractivity contribution is -0.887. The van der Waals surface area contributed by atoms with Crippen LogP contribution in [0.5, 0.6) is 0 Å². The van der Waals surface area contributed by atoms with E-state index in [1.165, 1.54) is 0 Å². The van der Waals surface area contributed by atoms with Gasteiger partial charge < -0.3 is 14.2 Å². The van der Waals surface area contributed by atoms with Crippen molar-refractivity contribution in [2.75, 3.05) is 34.5 Å². The van der Waals surface area contributed by atoms with E-state index in [0.29, 0.717) is 10.8 Å². The molecular weight excluding hydrogens is 197 g/mol. The molecule has 0 saturated carbocycles. The van der Waals surface area contributed by atoms with Gasteiger partial charge in [-0.2, -0.15) is 0 Å². The second-order valence-corrected chi connectivity index (χ2v) is 4.93. The van der Waals surface area contributed by atoms with Crippen molar-refractivity contribution in [2.24, 2.45) is 0 Å². The zero-order chi connectivity index (χ0) is 10.5. The molecule has 0 aliphatic heterocycles. The fourth-order valence-corrected chi connectivity index (χ4v) is 1.22. The molecule has 1 N–H and O–H groups in total. The number of nitrogens with zero attached hydrogens (tertiary/aromatic N) is 1. The Balaban J connectivity index is 3.89. The summed E-state index contributed by atoms with van der Waals surface area (Å²) in [5.41, 5.74) is 0. The lowest BCUT2D eigenvalue weighted by atomic mass is 10.7. The average Bonchev–Trinajstić information content (AvgIpc) is 1.97. The van der Waals surface area contributed by atoms with Crippen molar-refractivity contribution in [1.82, 2.24) is 0 Å². The van der Waals surface area contributed by atoms with Crippen LogP contribution in [-0.2, 0) is 18.4 Å². The number of rotatable bonds is 6. The van der Waals surface area contributed by atoms with E-state index >= 15 is 0 Å². The maximum absolute atomic E-state index is 11.0. The first-order valence-electron chi connectivity index (χ1n) is 3.63. The minimum atomic E-state index is -4.05. The molecule has 0 radical (unpaired) electrons. The Morgan fingerprint density at radius 2 is 1.92 bits per heavy atom. The SMILES string of the molecule is C[N+](C)(C)COP(=O)(O)OCC=O. The van der Waals surface area contributed by atoms with Crippen molar-refractivity contribution in [3.05, 3.63) is 0 Å². The summed E-state index contributed by atoms with van der Waals surface area (Å²) in [4.78, 5) is 18.8. The van der Waals surface area contributed by atoms with E-state index < -0.39 is 14.4 Å². The normalized spacial score (nSPS) is 16.6. The monoisotopic (exact) mass is 212 g/mol. The number of phosphoric acid groups is 1. The fourth-order valence-electron chi connectivity index (χ4n) is 0.408. The summed E-state index contributed by atoms with van der Waals surface area (Å²) in [6.07, 6.45) is 0.387. The van der Waals surface area contributed by atoms with Gasteiger partial charge in [-0.3, -0.25) is 4.52 Å². The van der Waals surface area contributed by atoms with E-state index in [1.54, 1.807) is 21.1 Å². The molecular formula is C6H15NO5P+. The van der Waals surface area contributed by atoms with Gasteiger partial charge >= 0.3 is 7.82 Å². The molecule has 0 fully saturated rings. The molecule has 0 aromatic heterocycles. The summed E-state index contributed by atoms with van der Waals surface area (Å²) in [5.74, 6) is 0. The molecule has 0 aliphatic carbocycles. The fraction of sp³-hybridized carbons (Fsp3) is 0.833. The zero-order valence-electron chi connectivity index (χ0n) is 7.97. The third-order valence-corrected chi connectivity index (χ3v) is 1.83. The van der Waals surface area contributed by atoms with Crippen molar-refractivity contribution >= 4 is 14.1 Å². The van der Waals surface area contributed by atoms with Gasteiger partial charge in [0.1, 0.15) is 12.9 Å². The van der Waals surface area contributed by atoms with Crippen LogP contribution in [-0.4, -0.2) is 50.1 Å². The van der Waals surface area contributed by atoms with E-state index in [1.807, 2.05) is 0 Å². The Morgan fingerprint density at radius 1 is 1.38 bits per heavy atom. The Morgan fingerprint density at radius 3 is 2.31 bits per heavy atom. The molecule has 0 bridgehead atoms. The van der Waals surface area contributed by atoms with Gasteiger partial charge in [0.2, 0.25) is 0 Å². The lowest BCUT2D eigenvalue weighted by Gasteiger charge is -2.23. The first-order valence-corrected chi connectivity index (χ1v) is 5.12. The van der Waals surface area contributed by atoms with E-state index in [4.69, 9.17) is 4.89 Å². The number of quaternary nitrogens is 1. The third-order valence-electron chi connectivity index (χ3n) is 0.914. The number of carbonyl (C=O) groups excluding carboxylic acids is 1. The first-order chi connectivity index (χ1) is 5.77. The maximum Gasteiger partial charge on any atom is 0.477 e. The van der Waals surface area contributed by atoms with E-state index in [-0.39, 0.29) is 6.73 Å². The van der Waals surface area contributed by atoms with Crippen molar-refractivity contribution < 1.29 is 27.8 Å². The van der Waals surface area contributed by atoms with Crippen LogP contribution in [0.1, 0.15) is 0 Å². The molecule has 1 unspecified atom stereocenters. The molecule has 6 nitrogen and oxygen atoms in total. The Labute approximate surface area is 77.3 Å². The Kier molecular flexibility index (Phi) is 4.74. The first kappa shape index (κ1) is 12.7. The summed E-state index contributed by atoms with van der Waals surface area (Å²) in [7, 11) is 1.32. The van der Waals surface area contributed by atoms with Crippen LogP contribution >= 0.6 is 7.82 Å². The quantitative estimate of drug-likeness (QED) is 0.290. The van der Waals surface area contributed by atoms with Crippen LogP contribution in [0.25, 0.3) is 0 Å². The van der Waals surface area contributed by atoms with Gasteiger partial charge in [0.05, 0.1) is 21.1 Å². The Hall–Kier alpha value is -0.260. The van der Waals surface area contributed by atoms with Gasteiger partial charge in [0.15, 0.2) is 6.73 Å². The van der Waals surface area contributed by atoms with E-state index in [9.17, 15) is 9.36 Å². The van der Waals surface area contributed by atoms with Crippen molar-refractivity contribution in [1.29, 1.82) is 0 Å². The molecule has 0 aromatic carbocycles. The molecule has 0 rings (SSSR count). The standard InChI is InChI=1S/C6H14NO5P/c1-7(2,3)6-12-13(9,10)11-5-4-8/h4H,5-6H2,1-3H3/p+1. The number of phosphoric ester groups is 1. The minimum Gasteiger partial charge on any atom is -0.308 e. The molecule has 0 spiro atoms. The third kappa shape index (κ3) is 8.08. The van der Waals surface area contributed by atoms with Gasteiger partial charge in [0.25, 0.3) is 0 Å². The Bertz CT molecular complexity index is 212. The van der Waals surface area contributed by atoms with Crippen LogP contribution in [0, 0.1) is 0 Å². The predicted molar refractivity (Wildman–Crippen MR) is 45.8 cm³/mol. The van der Waals surface area contributed by atoms with Gasteiger partial charge in [-0.15, -0.1) is 0 Å². The molecule has 13 heavy (non-hydrogen) atoms. The molecule has 0 amide bonds. The highest BCUT2D eigenvalue weighted by atomic mass is 31.2. The second kappa shape index (κ2) is 4.83.